The van der Waals surface area contributed by atoms with Gasteiger partial charge in [0.15, 0.2) is 16.8 Å². The number of aryl methyl sites for hydroxylation is 1. The van der Waals surface area contributed by atoms with E-state index in [0.717, 1.165) is 28.0 Å². The van der Waals surface area contributed by atoms with Gasteiger partial charge in [0, 0.05) is 18.0 Å². The van der Waals surface area contributed by atoms with Crippen LogP contribution in [-0.4, -0.2) is 23.0 Å². The zero-order chi connectivity index (χ0) is 21.3. The van der Waals surface area contributed by atoms with Gasteiger partial charge in [-0.05, 0) is 48.4 Å². The molecule has 0 bridgehead atoms. The van der Waals surface area contributed by atoms with Crippen LogP contribution in [0, 0.1) is 18.6 Å². The second-order valence-electron chi connectivity index (χ2n) is 6.64. The Morgan fingerprint density at radius 3 is 2.70 bits per heavy atom. The van der Waals surface area contributed by atoms with E-state index in [0.29, 0.717) is 16.4 Å². The predicted molar refractivity (Wildman–Crippen MR) is 112 cm³/mol. The first-order valence-electron chi connectivity index (χ1n) is 9.08. The van der Waals surface area contributed by atoms with E-state index in [9.17, 15) is 13.6 Å². The number of pyridine rings is 1. The molecule has 2 aromatic heterocycles. The molecule has 0 unspecified atom stereocenters. The maximum absolute atomic E-state index is 13.8. The number of ether oxygens (including phenoxy) is 1. The normalized spacial score (nSPS) is 10.9. The average molecular weight is 425 g/mol. The van der Waals surface area contributed by atoms with E-state index >= 15 is 0 Å². The Morgan fingerprint density at radius 1 is 1.17 bits per heavy atom. The molecule has 5 nitrogen and oxygen atoms in total. The summed E-state index contributed by atoms with van der Waals surface area (Å²) in [6, 6.07) is 10.4. The Kier molecular flexibility index (Phi) is 5.41. The van der Waals surface area contributed by atoms with Gasteiger partial charge in [0.05, 0.1) is 18.4 Å². The molecule has 2 aromatic carbocycles. The molecule has 0 fully saturated rings. The average Bonchev–Trinajstić information content (AvgIpc) is 3.21. The van der Waals surface area contributed by atoms with E-state index < -0.39 is 17.5 Å². The molecule has 0 aliphatic rings. The number of amides is 1. The second kappa shape index (κ2) is 8.16. The first kappa shape index (κ1) is 19.9. The third-order valence-electron chi connectivity index (χ3n) is 4.62. The first-order chi connectivity index (χ1) is 14.5. The minimum atomic E-state index is -1.08. The van der Waals surface area contributed by atoms with Crippen LogP contribution in [0.2, 0.25) is 0 Å². The number of halogens is 2. The number of rotatable bonds is 5. The summed E-state index contributed by atoms with van der Waals surface area (Å²) in [5.41, 5.74) is 2.44. The molecule has 8 heteroatoms. The topological polar surface area (TPSA) is 55.3 Å². The van der Waals surface area contributed by atoms with Crippen molar-refractivity contribution in [1.29, 1.82) is 0 Å². The molecule has 30 heavy (non-hydrogen) atoms. The standard InChI is InChI=1S/C22H17F2N3O2S/c1-13-5-8-18(29-2)19-20(13)30-22(26-19)27(12-14-4-3-9-25-11-14)21(28)15-6-7-16(23)17(24)10-15/h3-11H,12H2,1-2H3. The lowest BCUT2D eigenvalue weighted by atomic mass is 10.1. The summed E-state index contributed by atoms with van der Waals surface area (Å²) in [5, 5.41) is 0.427. The lowest BCUT2D eigenvalue weighted by Gasteiger charge is -2.20. The Labute approximate surface area is 175 Å². The van der Waals surface area contributed by atoms with Crippen LogP contribution in [0.15, 0.2) is 54.9 Å². The van der Waals surface area contributed by atoms with E-state index in [2.05, 4.69) is 9.97 Å². The van der Waals surface area contributed by atoms with E-state index in [1.165, 1.54) is 22.3 Å². The van der Waals surface area contributed by atoms with E-state index in [-0.39, 0.29) is 12.1 Å². The van der Waals surface area contributed by atoms with Crippen LogP contribution >= 0.6 is 11.3 Å². The third-order valence-corrected chi connectivity index (χ3v) is 5.83. The zero-order valence-electron chi connectivity index (χ0n) is 16.2. The van der Waals surface area contributed by atoms with Crippen molar-refractivity contribution in [3.05, 3.63) is 83.2 Å². The van der Waals surface area contributed by atoms with Gasteiger partial charge in [-0.15, -0.1) is 0 Å². The summed E-state index contributed by atoms with van der Waals surface area (Å²) in [7, 11) is 1.56. The maximum atomic E-state index is 13.8. The van der Waals surface area contributed by atoms with Crippen LogP contribution in [0.4, 0.5) is 13.9 Å². The fourth-order valence-electron chi connectivity index (χ4n) is 3.06. The number of hydrogen-bond acceptors (Lipinski definition) is 5. The molecular formula is C22H17F2N3O2S. The van der Waals surface area contributed by atoms with Gasteiger partial charge >= 0.3 is 0 Å². The number of methoxy groups -OCH3 is 1. The summed E-state index contributed by atoms with van der Waals surface area (Å²) in [4.78, 5) is 23.4. The van der Waals surface area contributed by atoms with Crippen molar-refractivity contribution in [2.45, 2.75) is 13.5 Å². The summed E-state index contributed by atoms with van der Waals surface area (Å²) in [6.45, 7) is 2.12. The number of carbonyl (C=O) groups excluding carboxylic acids is 1. The lowest BCUT2D eigenvalue weighted by molar-refractivity contribution is 0.0984. The highest BCUT2D eigenvalue weighted by Gasteiger charge is 2.24. The van der Waals surface area contributed by atoms with Gasteiger partial charge in [-0.1, -0.05) is 23.5 Å². The van der Waals surface area contributed by atoms with Crippen LogP contribution in [-0.2, 0) is 6.54 Å². The predicted octanol–water partition coefficient (Wildman–Crippen LogP) is 5.13. The number of anilines is 1. The molecule has 4 aromatic rings. The number of thiazole rings is 1. The molecule has 0 spiro atoms. The molecule has 4 rings (SSSR count). The monoisotopic (exact) mass is 425 g/mol. The largest absolute Gasteiger partial charge is 0.494 e. The molecule has 0 N–H and O–H groups in total. The third kappa shape index (κ3) is 3.73. The van der Waals surface area contributed by atoms with Crippen LogP contribution < -0.4 is 9.64 Å². The minimum Gasteiger partial charge on any atom is -0.494 e. The number of hydrogen-bond donors (Lipinski definition) is 0. The molecule has 1 amide bonds. The summed E-state index contributed by atoms with van der Waals surface area (Å²) < 4.78 is 33.4. The molecule has 0 aliphatic carbocycles. The van der Waals surface area contributed by atoms with Gasteiger partial charge in [0.25, 0.3) is 5.91 Å². The van der Waals surface area contributed by atoms with Crippen molar-refractivity contribution in [2.24, 2.45) is 0 Å². The fourth-order valence-corrected chi connectivity index (χ4v) is 4.11. The smallest absolute Gasteiger partial charge is 0.260 e. The van der Waals surface area contributed by atoms with Crippen LogP contribution in [0.1, 0.15) is 21.5 Å². The summed E-state index contributed by atoms with van der Waals surface area (Å²) in [6.07, 6.45) is 3.28. The highest BCUT2D eigenvalue weighted by Crippen LogP contribution is 2.37. The van der Waals surface area contributed by atoms with Gasteiger partial charge in [-0.25, -0.2) is 13.8 Å². The van der Waals surface area contributed by atoms with Crippen molar-refractivity contribution >= 4 is 32.6 Å². The second-order valence-corrected chi connectivity index (χ2v) is 7.62. The van der Waals surface area contributed by atoms with Gasteiger partial charge in [-0.2, -0.15) is 0 Å². The van der Waals surface area contributed by atoms with Crippen molar-refractivity contribution in [3.63, 3.8) is 0 Å². The minimum absolute atomic E-state index is 0.0285. The van der Waals surface area contributed by atoms with Crippen LogP contribution in [0.25, 0.3) is 10.2 Å². The first-order valence-corrected chi connectivity index (χ1v) is 9.89. The number of benzene rings is 2. The van der Waals surface area contributed by atoms with Gasteiger partial charge in [0.2, 0.25) is 0 Å². The van der Waals surface area contributed by atoms with Gasteiger partial charge < -0.3 is 4.74 Å². The van der Waals surface area contributed by atoms with Crippen molar-refractivity contribution in [2.75, 3.05) is 12.0 Å². The lowest BCUT2D eigenvalue weighted by Crippen LogP contribution is -2.30. The molecule has 2 heterocycles. The Morgan fingerprint density at radius 2 is 2.00 bits per heavy atom. The zero-order valence-corrected chi connectivity index (χ0v) is 17.0. The van der Waals surface area contributed by atoms with Crippen molar-refractivity contribution < 1.29 is 18.3 Å². The Bertz CT molecular complexity index is 1230. The van der Waals surface area contributed by atoms with E-state index in [1.807, 2.05) is 25.1 Å². The number of nitrogens with zero attached hydrogens (tertiary/aromatic N) is 3. The quantitative estimate of drug-likeness (QED) is 0.445. The molecule has 0 saturated heterocycles. The van der Waals surface area contributed by atoms with Gasteiger partial charge in [-0.3, -0.25) is 14.7 Å². The molecule has 0 radical (unpaired) electrons. The number of carbonyl (C=O) groups is 1. The summed E-state index contributed by atoms with van der Waals surface area (Å²) in [5.74, 6) is -1.98. The highest BCUT2D eigenvalue weighted by molar-refractivity contribution is 7.22. The van der Waals surface area contributed by atoms with Crippen LogP contribution in [0.3, 0.4) is 0 Å². The van der Waals surface area contributed by atoms with Crippen LogP contribution in [0.5, 0.6) is 5.75 Å². The van der Waals surface area contributed by atoms with E-state index in [1.54, 1.807) is 25.6 Å². The molecular weight excluding hydrogens is 408 g/mol. The molecule has 0 aliphatic heterocycles. The van der Waals surface area contributed by atoms with Crippen molar-refractivity contribution in [1.82, 2.24) is 9.97 Å². The van der Waals surface area contributed by atoms with Crippen molar-refractivity contribution in [3.8, 4) is 5.75 Å². The van der Waals surface area contributed by atoms with Gasteiger partial charge in [0.1, 0.15) is 11.3 Å². The Hall–Kier alpha value is -3.39. The molecule has 0 saturated carbocycles. The molecule has 152 valence electrons. The van der Waals surface area contributed by atoms with E-state index in [4.69, 9.17) is 4.74 Å². The maximum Gasteiger partial charge on any atom is 0.260 e. The number of aromatic nitrogens is 2. The highest BCUT2D eigenvalue weighted by atomic mass is 32.1. The summed E-state index contributed by atoms with van der Waals surface area (Å²) >= 11 is 1.34. The Balaban J connectivity index is 1.83. The number of fused-ring (bicyclic) bond motifs is 1. The fraction of sp³-hybridized carbons (Fsp3) is 0.136. The SMILES string of the molecule is COc1ccc(C)c2sc(N(Cc3cccnc3)C(=O)c3ccc(F)c(F)c3)nc12. The molecule has 0 atom stereocenters.